The van der Waals surface area contributed by atoms with E-state index >= 15 is 0 Å². The summed E-state index contributed by atoms with van der Waals surface area (Å²) in [6.45, 7) is 2.22. The van der Waals surface area contributed by atoms with E-state index < -0.39 is 9.49 Å². The van der Waals surface area contributed by atoms with Gasteiger partial charge in [-0.2, -0.15) is 0 Å². The number of halogens is 1. The highest BCUT2D eigenvalue weighted by Gasteiger charge is 2.38. The minimum Gasteiger partial charge on any atom is -0.354 e. The topological polar surface area (TPSA) is 32.3 Å². The van der Waals surface area contributed by atoms with Gasteiger partial charge in [-0.05, 0) is 33.4 Å². The van der Waals surface area contributed by atoms with Gasteiger partial charge in [-0.25, -0.2) is 0 Å². The molecule has 0 fully saturated rings. The highest BCUT2D eigenvalue weighted by Crippen LogP contribution is 2.49. The quantitative estimate of drug-likeness (QED) is 0.0540. The van der Waals surface area contributed by atoms with Gasteiger partial charge in [0, 0.05) is 37.0 Å². The highest BCUT2D eigenvalue weighted by atomic mass is 35.5. The third-order valence-corrected chi connectivity index (χ3v) is 12.6. The Labute approximate surface area is 322 Å². The molecule has 0 heterocycles. The molecular weight excluding hydrogens is 696 g/mol. The van der Waals surface area contributed by atoms with E-state index in [2.05, 4.69) is 192 Å². The first-order valence-corrected chi connectivity index (χ1v) is 20.3. The number of hydrogen-bond donors (Lipinski definition) is 1. The zero-order valence-electron chi connectivity index (χ0n) is 29.3. The van der Waals surface area contributed by atoms with Crippen LogP contribution in [0.15, 0.2) is 182 Å². The van der Waals surface area contributed by atoms with Crippen LogP contribution < -0.4 is 5.32 Å². The molecule has 0 bridgehead atoms. The maximum Gasteiger partial charge on any atom is 0.234 e. The normalized spacial score (nSPS) is 11.7. The van der Waals surface area contributed by atoms with Gasteiger partial charge in [-0.1, -0.05) is 182 Å². The monoisotopic (exact) mass is 740 g/mol. The molecule has 6 aromatic carbocycles. The van der Waals surface area contributed by atoms with Crippen molar-refractivity contribution in [3.8, 4) is 0 Å². The van der Waals surface area contributed by atoms with E-state index in [0.717, 1.165) is 18.1 Å². The number of carbonyl (C=O) groups excluding carboxylic acids is 1. The van der Waals surface area contributed by atoms with Gasteiger partial charge in [0.25, 0.3) is 0 Å². The van der Waals surface area contributed by atoms with Gasteiger partial charge in [-0.3, -0.25) is 9.69 Å². The third kappa shape index (κ3) is 8.85. The van der Waals surface area contributed by atoms with Crippen LogP contribution in [0.5, 0.6) is 0 Å². The van der Waals surface area contributed by atoms with Crippen LogP contribution >= 0.6 is 35.1 Å². The standard InChI is InChI=1S/C46H45ClN2OS2/c47-31-33-49(34-36-52-46(41-25-13-4-14-26-41,42-27-15-5-16-28-42)43-29-17-6-18-30-43)37-44(50)48-32-35-51-45(38-19-7-1-8-20-38,39-21-9-2-10-22-39)40-23-11-3-12-24-40/h1-30H,31-37H2,(H,48,50). The van der Waals surface area contributed by atoms with Crippen molar-refractivity contribution in [2.75, 3.05) is 43.6 Å². The molecule has 6 heteroatoms. The average molecular weight is 741 g/mol. The highest BCUT2D eigenvalue weighted by molar-refractivity contribution is 8.00. The minimum absolute atomic E-state index is 0.0147. The van der Waals surface area contributed by atoms with Crippen molar-refractivity contribution in [2.24, 2.45) is 0 Å². The van der Waals surface area contributed by atoms with Crippen LogP contribution in [0.25, 0.3) is 0 Å². The molecule has 0 aliphatic carbocycles. The van der Waals surface area contributed by atoms with Crippen molar-refractivity contribution in [1.82, 2.24) is 10.2 Å². The maximum absolute atomic E-state index is 13.5. The van der Waals surface area contributed by atoms with Crippen LogP contribution in [0.2, 0.25) is 0 Å². The summed E-state index contributed by atoms with van der Waals surface area (Å²) in [5, 5.41) is 3.23. The van der Waals surface area contributed by atoms with Crippen molar-refractivity contribution in [3.63, 3.8) is 0 Å². The Morgan fingerprint density at radius 1 is 0.481 bits per heavy atom. The van der Waals surface area contributed by atoms with Crippen molar-refractivity contribution in [3.05, 3.63) is 215 Å². The molecule has 0 aliphatic heterocycles. The van der Waals surface area contributed by atoms with Gasteiger partial charge >= 0.3 is 0 Å². The first kappa shape index (κ1) is 37.5. The molecule has 0 atom stereocenters. The van der Waals surface area contributed by atoms with Crippen LogP contribution in [0.1, 0.15) is 33.4 Å². The molecule has 1 N–H and O–H groups in total. The SMILES string of the molecule is O=C(CN(CCCl)CCSC(c1ccccc1)(c1ccccc1)c1ccccc1)NCCSC(c1ccccc1)(c1ccccc1)c1ccccc1. The summed E-state index contributed by atoms with van der Waals surface area (Å²) in [6, 6.07) is 64.2. The molecule has 0 unspecified atom stereocenters. The summed E-state index contributed by atoms with van der Waals surface area (Å²) in [4.78, 5) is 15.7. The van der Waals surface area contributed by atoms with E-state index in [1.165, 1.54) is 33.4 Å². The number of nitrogens with zero attached hydrogens (tertiary/aromatic N) is 1. The predicted molar refractivity (Wildman–Crippen MR) is 224 cm³/mol. The average Bonchev–Trinajstić information content (AvgIpc) is 3.22. The van der Waals surface area contributed by atoms with Gasteiger partial charge in [0.05, 0.1) is 16.0 Å². The Morgan fingerprint density at radius 2 is 0.788 bits per heavy atom. The van der Waals surface area contributed by atoms with Crippen molar-refractivity contribution in [1.29, 1.82) is 0 Å². The third-order valence-electron chi connectivity index (χ3n) is 9.32. The van der Waals surface area contributed by atoms with Crippen LogP contribution in [-0.2, 0) is 14.3 Å². The smallest absolute Gasteiger partial charge is 0.234 e. The molecule has 0 aromatic heterocycles. The second-order valence-corrected chi connectivity index (χ2v) is 15.6. The molecule has 6 aromatic rings. The number of alkyl halides is 1. The van der Waals surface area contributed by atoms with Crippen LogP contribution in [0, 0.1) is 0 Å². The van der Waals surface area contributed by atoms with Gasteiger partial charge < -0.3 is 5.32 Å². The molecule has 0 saturated heterocycles. The summed E-state index contributed by atoms with van der Waals surface area (Å²) < 4.78 is -0.822. The first-order chi connectivity index (χ1) is 25.7. The van der Waals surface area contributed by atoms with Gasteiger partial charge in [0.1, 0.15) is 0 Å². The van der Waals surface area contributed by atoms with E-state index in [0.29, 0.717) is 25.5 Å². The number of carbonyl (C=O) groups is 1. The Kier molecular flexibility index (Phi) is 13.7. The lowest BCUT2D eigenvalue weighted by atomic mass is 9.84. The molecule has 264 valence electrons. The molecular formula is C46H45ClN2OS2. The molecule has 0 radical (unpaired) electrons. The van der Waals surface area contributed by atoms with Crippen molar-refractivity contribution < 1.29 is 4.79 Å². The summed E-state index contributed by atoms with van der Waals surface area (Å²) >= 11 is 10.1. The molecule has 1 amide bonds. The first-order valence-electron chi connectivity index (χ1n) is 17.8. The lowest BCUT2D eigenvalue weighted by Gasteiger charge is -2.36. The lowest BCUT2D eigenvalue weighted by molar-refractivity contribution is -0.122. The summed E-state index contributed by atoms with van der Waals surface area (Å²) in [7, 11) is 0. The van der Waals surface area contributed by atoms with E-state index in [4.69, 9.17) is 11.6 Å². The molecule has 0 saturated carbocycles. The Morgan fingerprint density at radius 3 is 1.10 bits per heavy atom. The fourth-order valence-electron chi connectivity index (χ4n) is 6.91. The Balaban J connectivity index is 1.14. The molecule has 0 spiro atoms. The second-order valence-electron chi connectivity index (χ2n) is 12.6. The predicted octanol–water partition coefficient (Wildman–Crippen LogP) is 10.1. The van der Waals surface area contributed by atoms with E-state index in [1.54, 1.807) is 0 Å². The summed E-state index contributed by atoms with van der Waals surface area (Å²) in [5.41, 5.74) is 7.34. The van der Waals surface area contributed by atoms with Gasteiger partial charge in [-0.15, -0.1) is 35.1 Å². The summed E-state index contributed by atoms with van der Waals surface area (Å²) in [5.74, 6) is 2.03. The van der Waals surface area contributed by atoms with Gasteiger partial charge in [0.2, 0.25) is 5.91 Å². The van der Waals surface area contributed by atoms with Crippen LogP contribution in [0.3, 0.4) is 0 Å². The number of nitrogens with one attached hydrogen (secondary N) is 1. The molecule has 3 nitrogen and oxygen atoms in total. The number of hydrogen-bond acceptors (Lipinski definition) is 4. The Hall–Kier alpha value is -4.26. The van der Waals surface area contributed by atoms with Crippen LogP contribution in [-0.4, -0.2) is 54.4 Å². The molecule has 0 aliphatic rings. The molecule has 52 heavy (non-hydrogen) atoms. The fourth-order valence-corrected chi connectivity index (χ4v) is 10.1. The molecule has 6 rings (SSSR count). The van der Waals surface area contributed by atoms with E-state index in [9.17, 15) is 4.79 Å². The zero-order valence-corrected chi connectivity index (χ0v) is 31.7. The number of thioether (sulfide) groups is 2. The van der Waals surface area contributed by atoms with Crippen molar-refractivity contribution >= 4 is 41.0 Å². The van der Waals surface area contributed by atoms with Gasteiger partial charge in [0.15, 0.2) is 0 Å². The second kappa shape index (κ2) is 19.0. The fraction of sp³-hybridized carbons (Fsp3) is 0.196. The number of amides is 1. The maximum atomic E-state index is 13.5. The summed E-state index contributed by atoms with van der Waals surface area (Å²) in [6.07, 6.45) is 0. The van der Waals surface area contributed by atoms with E-state index in [-0.39, 0.29) is 5.91 Å². The lowest BCUT2D eigenvalue weighted by Crippen LogP contribution is -2.40. The number of rotatable bonds is 18. The Bertz CT molecular complexity index is 1720. The number of benzene rings is 6. The van der Waals surface area contributed by atoms with Crippen molar-refractivity contribution in [2.45, 2.75) is 9.49 Å². The zero-order chi connectivity index (χ0) is 35.9. The minimum atomic E-state index is -0.418. The largest absolute Gasteiger partial charge is 0.354 e. The van der Waals surface area contributed by atoms with E-state index in [1.807, 2.05) is 23.5 Å². The van der Waals surface area contributed by atoms with Crippen LogP contribution in [0.4, 0.5) is 0 Å².